The Morgan fingerprint density at radius 2 is 1.86 bits per heavy atom. The zero-order valence-electron chi connectivity index (χ0n) is 13.7. The zero-order valence-corrected chi connectivity index (χ0v) is 13.7. The van der Waals surface area contributed by atoms with Crippen LogP contribution in [0.4, 0.5) is 0 Å². The standard InChI is InChI=1S/C18H30N2O/c1-4-17(18(21)16-8-6-5-7-9-16)20(3)14-15-10-12-19(2)13-11-15/h5-9,15,17-18,21H,4,10-14H2,1-3H3. The van der Waals surface area contributed by atoms with Crippen molar-refractivity contribution in [3.05, 3.63) is 35.9 Å². The summed E-state index contributed by atoms with van der Waals surface area (Å²) in [5.41, 5.74) is 1.03. The van der Waals surface area contributed by atoms with Gasteiger partial charge in [-0.25, -0.2) is 0 Å². The Morgan fingerprint density at radius 1 is 1.24 bits per heavy atom. The van der Waals surface area contributed by atoms with E-state index >= 15 is 0 Å². The van der Waals surface area contributed by atoms with Gasteiger partial charge in [0.05, 0.1) is 6.10 Å². The Hall–Kier alpha value is -0.900. The molecule has 2 atom stereocenters. The highest BCUT2D eigenvalue weighted by molar-refractivity contribution is 5.18. The van der Waals surface area contributed by atoms with Gasteiger partial charge in [0.2, 0.25) is 0 Å². The molecule has 0 radical (unpaired) electrons. The van der Waals surface area contributed by atoms with Crippen LogP contribution in [0.15, 0.2) is 30.3 Å². The van der Waals surface area contributed by atoms with Crippen molar-refractivity contribution in [3.63, 3.8) is 0 Å². The van der Waals surface area contributed by atoms with Gasteiger partial charge >= 0.3 is 0 Å². The number of aliphatic hydroxyl groups is 1. The minimum Gasteiger partial charge on any atom is -0.387 e. The van der Waals surface area contributed by atoms with Gasteiger partial charge in [-0.2, -0.15) is 0 Å². The number of nitrogens with zero attached hydrogens (tertiary/aromatic N) is 2. The minimum absolute atomic E-state index is 0.201. The molecular weight excluding hydrogens is 260 g/mol. The molecule has 0 spiro atoms. The third kappa shape index (κ3) is 4.53. The predicted octanol–water partition coefficient (Wildman–Crippen LogP) is 2.77. The number of piperidine rings is 1. The first-order valence-corrected chi connectivity index (χ1v) is 8.23. The SMILES string of the molecule is CCC(C(O)c1ccccc1)N(C)CC1CCN(C)CC1. The lowest BCUT2D eigenvalue weighted by molar-refractivity contribution is 0.0453. The largest absolute Gasteiger partial charge is 0.387 e. The second kappa shape index (κ2) is 7.92. The summed E-state index contributed by atoms with van der Waals surface area (Å²) in [6.07, 6.45) is 3.13. The van der Waals surface area contributed by atoms with E-state index in [-0.39, 0.29) is 6.04 Å². The Bertz CT molecular complexity index is 401. The Morgan fingerprint density at radius 3 is 2.43 bits per heavy atom. The fourth-order valence-electron chi connectivity index (χ4n) is 3.44. The van der Waals surface area contributed by atoms with Crippen LogP contribution in [0.1, 0.15) is 37.9 Å². The van der Waals surface area contributed by atoms with Crippen LogP contribution in [-0.4, -0.2) is 54.7 Å². The van der Waals surface area contributed by atoms with Crippen LogP contribution in [0.3, 0.4) is 0 Å². The van der Waals surface area contributed by atoms with E-state index in [4.69, 9.17) is 0 Å². The summed E-state index contributed by atoms with van der Waals surface area (Å²) in [7, 11) is 4.37. The molecule has 1 aliphatic rings. The lowest BCUT2D eigenvalue weighted by Gasteiger charge is -2.36. The smallest absolute Gasteiger partial charge is 0.0944 e. The number of hydrogen-bond donors (Lipinski definition) is 1. The lowest BCUT2D eigenvalue weighted by Crippen LogP contribution is -2.42. The van der Waals surface area contributed by atoms with E-state index in [0.717, 1.165) is 24.4 Å². The minimum atomic E-state index is -0.396. The van der Waals surface area contributed by atoms with Gasteiger partial charge in [-0.15, -0.1) is 0 Å². The van der Waals surface area contributed by atoms with Gasteiger partial charge in [0.1, 0.15) is 0 Å². The summed E-state index contributed by atoms with van der Waals surface area (Å²) in [6, 6.07) is 10.3. The van der Waals surface area contributed by atoms with Crippen LogP contribution in [0, 0.1) is 5.92 Å². The van der Waals surface area contributed by atoms with Gasteiger partial charge < -0.3 is 14.9 Å². The molecule has 1 aliphatic heterocycles. The van der Waals surface area contributed by atoms with E-state index in [1.165, 1.54) is 25.9 Å². The van der Waals surface area contributed by atoms with Crippen molar-refractivity contribution >= 4 is 0 Å². The first-order chi connectivity index (χ1) is 10.1. The molecule has 2 unspecified atom stereocenters. The van der Waals surface area contributed by atoms with E-state index in [9.17, 15) is 5.11 Å². The summed E-state index contributed by atoms with van der Waals surface area (Å²) < 4.78 is 0. The van der Waals surface area contributed by atoms with Gasteiger partial charge in [0, 0.05) is 12.6 Å². The summed E-state index contributed by atoms with van der Waals surface area (Å²) in [4.78, 5) is 4.78. The fraction of sp³-hybridized carbons (Fsp3) is 0.667. The fourth-order valence-corrected chi connectivity index (χ4v) is 3.44. The maximum atomic E-state index is 10.7. The normalized spacial score (nSPS) is 20.6. The molecule has 21 heavy (non-hydrogen) atoms. The van der Waals surface area contributed by atoms with Gasteiger partial charge in [0.25, 0.3) is 0 Å². The molecule has 1 aromatic rings. The highest BCUT2D eigenvalue weighted by atomic mass is 16.3. The summed E-state index contributed by atoms with van der Waals surface area (Å²) in [6.45, 7) is 5.67. The number of hydrogen-bond acceptors (Lipinski definition) is 3. The van der Waals surface area contributed by atoms with Crippen LogP contribution in [-0.2, 0) is 0 Å². The monoisotopic (exact) mass is 290 g/mol. The van der Waals surface area contributed by atoms with Crippen LogP contribution in [0.2, 0.25) is 0 Å². The van der Waals surface area contributed by atoms with Crippen molar-refractivity contribution < 1.29 is 5.11 Å². The Balaban J connectivity index is 1.93. The van der Waals surface area contributed by atoms with Crippen molar-refractivity contribution in [2.24, 2.45) is 5.92 Å². The van der Waals surface area contributed by atoms with Crippen molar-refractivity contribution in [1.29, 1.82) is 0 Å². The third-order valence-electron chi connectivity index (χ3n) is 4.87. The molecule has 0 amide bonds. The van der Waals surface area contributed by atoms with Crippen molar-refractivity contribution in [1.82, 2.24) is 9.80 Å². The quantitative estimate of drug-likeness (QED) is 0.873. The van der Waals surface area contributed by atoms with Crippen molar-refractivity contribution in [3.8, 4) is 0 Å². The third-order valence-corrected chi connectivity index (χ3v) is 4.87. The van der Waals surface area contributed by atoms with E-state index in [0.29, 0.717) is 0 Å². The molecule has 3 heteroatoms. The predicted molar refractivity (Wildman–Crippen MR) is 88.3 cm³/mol. The van der Waals surface area contributed by atoms with Crippen LogP contribution in [0.5, 0.6) is 0 Å². The van der Waals surface area contributed by atoms with Crippen LogP contribution >= 0.6 is 0 Å². The molecule has 118 valence electrons. The van der Waals surface area contributed by atoms with Crippen molar-refractivity contribution in [2.75, 3.05) is 33.7 Å². The van der Waals surface area contributed by atoms with Crippen LogP contribution in [0.25, 0.3) is 0 Å². The molecule has 1 saturated heterocycles. The van der Waals surface area contributed by atoms with Gasteiger partial charge in [-0.05, 0) is 57.9 Å². The molecule has 0 aliphatic carbocycles. The molecule has 1 fully saturated rings. The molecule has 0 bridgehead atoms. The molecule has 1 aromatic carbocycles. The van der Waals surface area contributed by atoms with E-state index < -0.39 is 6.10 Å². The Kier molecular flexibility index (Phi) is 6.22. The maximum Gasteiger partial charge on any atom is 0.0944 e. The van der Waals surface area contributed by atoms with E-state index in [2.05, 4.69) is 30.8 Å². The first kappa shape index (κ1) is 16.5. The highest BCUT2D eigenvalue weighted by Crippen LogP contribution is 2.25. The van der Waals surface area contributed by atoms with E-state index in [1.54, 1.807) is 0 Å². The summed E-state index contributed by atoms with van der Waals surface area (Å²) in [5, 5.41) is 10.7. The average Bonchev–Trinajstić information content (AvgIpc) is 2.51. The van der Waals surface area contributed by atoms with Gasteiger partial charge in [0.15, 0.2) is 0 Å². The second-order valence-electron chi connectivity index (χ2n) is 6.52. The molecule has 1 heterocycles. The molecule has 1 N–H and O–H groups in total. The number of rotatable bonds is 6. The maximum absolute atomic E-state index is 10.7. The first-order valence-electron chi connectivity index (χ1n) is 8.23. The number of benzene rings is 1. The summed E-state index contributed by atoms with van der Waals surface area (Å²) >= 11 is 0. The van der Waals surface area contributed by atoms with E-state index in [1.807, 2.05) is 30.3 Å². The highest BCUT2D eigenvalue weighted by Gasteiger charge is 2.26. The van der Waals surface area contributed by atoms with Gasteiger partial charge in [-0.3, -0.25) is 0 Å². The summed E-state index contributed by atoms with van der Waals surface area (Å²) in [5.74, 6) is 0.767. The molecule has 0 aromatic heterocycles. The number of aliphatic hydroxyl groups excluding tert-OH is 1. The molecule has 3 nitrogen and oxygen atoms in total. The number of likely N-dealkylation sites (N-methyl/N-ethyl adjacent to an activating group) is 1. The Labute approximate surface area is 129 Å². The molecule has 0 saturated carbocycles. The molecular formula is C18H30N2O. The molecule has 2 rings (SSSR count). The average molecular weight is 290 g/mol. The van der Waals surface area contributed by atoms with Gasteiger partial charge in [-0.1, -0.05) is 37.3 Å². The number of likely N-dealkylation sites (tertiary alicyclic amines) is 1. The second-order valence-corrected chi connectivity index (χ2v) is 6.52. The van der Waals surface area contributed by atoms with Crippen LogP contribution < -0.4 is 0 Å². The lowest BCUT2D eigenvalue weighted by atomic mass is 9.94. The van der Waals surface area contributed by atoms with Crippen molar-refractivity contribution in [2.45, 2.75) is 38.3 Å². The zero-order chi connectivity index (χ0) is 15.2. The topological polar surface area (TPSA) is 26.7 Å².